The lowest BCUT2D eigenvalue weighted by Gasteiger charge is -2.19. The predicted octanol–water partition coefficient (Wildman–Crippen LogP) is 1.73. The molecule has 8 heteroatoms. The number of anilines is 1. The summed E-state index contributed by atoms with van der Waals surface area (Å²) in [6.45, 7) is 2.81. The zero-order chi connectivity index (χ0) is 17.7. The summed E-state index contributed by atoms with van der Waals surface area (Å²) >= 11 is 0. The third-order valence-electron chi connectivity index (χ3n) is 3.39. The molecule has 0 aliphatic carbocycles. The number of rotatable bonds is 7. The van der Waals surface area contributed by atoms with Gasteiger partial charge in [-0.2, -0.15) is 5.10 Å². The number of carboxylic acids is 1. The third kappa shape index (κ3) is 3.83. The second-order valence-corrected chi connectivity index (χ2v) is 5.53. The van der Waals surface area contributed by atoms with Gasteiger partial charge in [0, 0.05) is 6.20 Å². The molecule has 2 aromatic rings. The van der Waals surface area contributed by atoms with Crippen LogP contribution < -0.4 is 14.8 Å². The van der Waals surface area contributed by atoms with Crippen molar-refractivity contribution in [3.05, 3.63) is 36.7 Å². The van der Waals surface area contributed by atoms with E-state index in [1.165, 1.54) is 38.0 Å². The first-order valence-corrected chi connectivity index (χ1v) is 7.19. The van der Waals surface area contributed by atoms with Crippen LogP contribution in [0.25, 0.3) is 0 Å². The lowest BCUT2D eigenvalue weighted by atomic mass is 10.1. The number of hydrogen-bond acceptors (Lipinski definition) is 5. The standard InChI is InChI=1S/C16H19N3O5/c1-16(2,15(21)22)19-9-11(8-17-19)18-14(20)10-24-13-7-5-4-6-12(13)23-3/h4-9H,10H2,1-3H3,(H,18,20)(H,21,22). The van der Waals surface area contributed by atoms with E-state index < -0.39 is 17.4 Å². The maximum absolute atomic E-state index is 11.9. The van der Waals surface area contributed by atoms with Crippen molar-refractivity contribution in [1.29, 1.82) is 0 Å². The molecule has 0 unspecified atom stereocenters. The van der Waals surface area contributed by atoms with Gasteiger partial charge in [0.05, 0.1) is 19.0 Å². The van der Waals surface area contributed by atoms with Crippen LogP contribution in [0.1, 0.15) is 13.8 Å². The number of methoxy groups -OCH3 is 1. The molecule has 0 aliphatic rings. The fourth-order valence-electron chi connectivity index (χ4n) is 1.87. The summed E-state index contributed by atoms with van der Waals surface area (Å²) in [5.74, 6) is -0.434. The smallest absolute Gasteiger partial charge is 0.331 e. The van der Waals surface area contributed by atoms with Gasteiger partial charge in [-0.15, -0.1) is 0 Å². The zero-order valence-corrected chi connectivity index (χ0v) is 13.6. The van der Waals surface area contributed by atoms with Crippen LogP contribution >= 0.6 is 0 Å². The van der Waals surface area contributed by atoms with Crippen molar-refractivity contribution in [2.75, 3.05) is 19.0 Å². The van der Waals surface area contributed by atoms with Gasteiger partial charge in [0.15, 0.2) is 23.6 Å². The zero-order valence-electron chi connectivity index (χ0n) is 13.6. The van der Waals surface area contributed by atoms with Crippen LogP contribution in [0.2, 0.25) is 0 Å². The first-order chi connectivity index (χ1) is 11.3. The molecule has 2 rings (SSSR count). The molecule has 2 N–H and O–H groups in total. The number of benzene rings is 1. The largest absolute Gasteiger partial charge is 0.493 e. The Kier molecular flexibility index (Phi) is 5.08. The van der Waals surface area contributed by atoms with E-state index in [0.29, 0.717) is 17.2 Å². The van der Waals surface area contributed by atoms with Crippen LogP contribution in [0, 0.1) is 0 Å². The topological polar surface area (TPSA) is 103 Å². The summed E-state index contributed by atoms with van der Waals surface area (Å²) < 4.78 is 11.8. The lowest BCUT2D eigenvalue weighted by molar-refractivity contribution is -0.146. The SMILES string of the molecule is COc1ccccc1OCC(=O)Nc1cnn(C(C)(C)C(=O)O)c1. The monoisotopic (exact) mass is 333 g/mol. The van der Waals surface area contributed by atoms with Crippen molar-refractivity contribution in [2.24, 2.45) is 0 Å². The van der Waals surface area contributed by atoms with Gasteiger partial charge in [0.25, 0.3) is 5.91 Å². The first-order valence-electron chi connectivity index (χ1n) is 7.19. The second-order valence-electron chi connectivity index (χ2n) is 5.53. The summed E-state index contributed by atoms with van der Waals surface area (Å²) in [6.07, 6.45) is 2.83. The van der Waals surface area contributed by atoms with Gasteiger partial charge < -0.3 is 19.9 Å². The molecule has 128 valence electrons. The number of hydrogen-bond donors (Lipinski definition) is 2. The fourth-order valence-corrected chi connectivity index (χ4v) is 1.87. The quantitative estimate of drug-likeness (QED) is 0.800. The summed E-state index contributed by atoms with van der Waals surface area (Å²) in [7, 11) is 1.51. The highest BCUT2D eigenvalue weighted by molar-refractivity contribution is 5.91. The van der Waals surface area contributed by atoms with E-state index >= 15 is 0 Å². The van der Waals surface area contributed by atoms with E-state index in [0.717, 1.165) is 0 Å². The van der Waals surface area contributed by atoms with Crippen LogP contribution in [0.3, 0.4) is 0 Å². The molecular formula is C16H19N3O5. The predicted molar refractivity (Wildman–Crippen MR) is 86.3 cm³/mol. The van der Waals surface area contributed by atoms with E-state index in [-0.39, 0.29) is 6.61 Å². The van der Waals surface area contributed by atoms with Crippen LogP contribution in [-0.4, -0.2) is 40.5 Å². The average molecular weight is 333 g/mol. The van der Waals surface area contributed by atoms with Gasteiger partial charge in [-0.1, -0.05) is 12.1 Å². The van der Waals surface area contributed by atoms with Crippen molar-refractivity contribution >= 4 is 17.6 Å². The van der Waals surface area contributed by atoms with Crippen LogP contribution in [0.4, 0.5) is 5.69 Å². The van der Waals surface area contributed by atoms with Crippen LogP contribution in [0.5, 0.6) is 11.5 Å². The number of para-hydroxylation sites is 2. The molecule has 0 radical (unpaired) electrons. The summed E-state index contributed by atoms with van der Waals surface area (Å²) in [6, 6.07) is 6.99. The Bertz CT molecular complexity index is 739. The van der Waals surface area contributed by atoms with Gasteiger partial charge >= 0.3 is 5.97 Å². The molecule has 0 saturated carbocycles. The molecule has 1 aromatic carbocycles. The Balaban J connectivity index is 1.96. The Morgan fingerprint density at radius 3 is 2.58 bits per heavy atom. The van der Waals surface area contributed by atoms with Gasteiger partial charge in [-0.05, 0) is 26.0 Å². The highest BCUT2D eigenvalue weighted by Gasteiger charge is 2.30. The molecule has 1 aromatic heterocycles. The number of aromatic nitrogens is 2. The van der Waals surface area contributed by atoms with E-state index in [2.05, 4.69) is 10.4 Å². The van der Waals surface area contributed by atoms with Crippen molar-refractivity contribution in [3.63, 3.8) is 0 Å². The van der Waals surface area contributed by atoms with Crippen molar-refractivity contribution in [3.8, 4) is 11.5 Å². The summed E-state index contributed by atoms with van der Waals surface area (Å²) in [4.78, 5) is 23.1. The van der Waals surface area contributed by atoms with E-state index in [1.807, 2.05) is 0 Å². The van der Waals surface area contributed by atoms with E-state index in [4.69, 9.17) is 14.6 Å². The van der Waals surface area contributed by atoms with Crippen LogP contribution in [-0.2, 0) is 15.1 Å². The molecule has 0 atom stereocenters. The molecule has 0 bridgehead atoms. The maximum atomic E-state index is 11.9. The molecule has 24 heavy (non-hydrogen) atoms. The van der Waals surface area contributed by atoms with Crippen molar-refractivity contribution < 1.29 is 24.2 Å². The number of carbonyl (C=O) groups is 2. The molecule has 1 amide bonds. The summed E-state index contributed by atoms with van der Waals surface area (Å²) in [5.41, 5.74) is -0.824. The van der Waals surface area contributed by atoms with Crippen molar-refractivity contribution in [1.82, 2.24) is 9.78 Å². The molecule has 0 saturated heterocycles. The van der Waals surface area contributed by atoms with Gasteiger partial charge in [0.1, 0.15) is 0 Å². The molecule has 0 fully saturated rings. The number of nitrogens with zero attached hydrogens (tertiary/aromatic N) is 2. The minimum absolute atomic E-state index is 0.214. The molecule has 8 nitrogen and oxygen atoms in total. The normalized spacial score (nSPS) is 11.0. The Morgan fingerprint density at radius 2 is 1.96 bits per heavy atom. The number of nitrogens with one attached hydrogen (secondary N) is 1. The first kappa shape index (κ1) is 17.3. The fraction of sp³-hybridized carbons (Fsp3) is 0.312. The number of carbonyl (C=O) groups excluding carboxylic acids is 1. The highest BCUT2D eigenvalue weighted by Crippen LogP contribution is 2.25. The second kappa shape index (κ2) is 7.03. The number of carboxylic acid groups (broad SMARTS) is 1. The average Bonchev–Trinajstić information content (AvgIpc) is 3.02. The highest BCUT2D eigenvalue weighted by atomic mass is 16.5. The van der Waals surface area contributed by atoms with Gasteiger partial charge in [-0.3, -0.25) is 9.48 Å². The van der Waals surface area contributed by atoms with Crippen LogP contribution in [0.15, 0.2) is 36.7 Å². The number of ether oxygens (including phenoxy) is 2. The third-order valence-corrected chi connectivity index (χ3v) is 3.39. The number of amides is 1. The Hall–Kier alpha value is -3.03. The molecular weight excluding hydrogens is 314 g/mol. The Labute approximate surface area is 139 Å². The molecule has 0 aliphatic heterocycles. The maximum Gasteiger partial charge on any atom is 0.331 e. The minimum atomic E-state index is -1.21. The Morgan fingerprint density at radius 1 is 1.29 bits per heavy atom. The molecule has 1 heterocycles. The van der Waals surface area contributed by atoms with Crippen molar-refractivity contribution in [2.45, 2.75) is 19.4 Å². The summed E-state index contributed by atoms with van der Waals surface area (Å²) in [5, 5.41) is 15.7. The van der Waals surface area contributed by atoms with Gasteiger partial charge in [0.2, 0.25) is 0 Å². The van der Waals surface area contributed by atoms with E-state index in [9.17, 15) is 9.59 Å². The molecule has 0 spiro atoms. The van der Waals surface area contributed by atoms with Gasteiger partial charge in [-0.25, -0.2) is 4.79 Å². The lowest BCUT2D eigenvalue weighted by Crippen LogP contribution is -2.35. The minimum Gasteiger partial charge on any atom is -0.493 e. The van der Waals surface area contributed by atoms with E-state index in [1.54, 1.807) is 24.3 Å². The number of aliphatic carboxylic acids is 1.